The predicted molar refractivity (Wildman–Crippen MR) is 85.4 cm³/mol. The largest absolute Gasteiger partial charge is 0.418 e. The molecule has 0 amide bonds. The molecule has 0 aliphatic heterocycles. The zero-order chi connectivity index (χ0) is 25.7. The van der Waals surface area contributed by atoms with Crippen LogP contribution in [0.15, 0.2) is 0 Å². The van der Waals surface area contributed by atoms with Crippen molar-refractivity contribution < 1.29 is 72.4 Å². The van der Waals surface area contributed by atoms with Crippen LogP contribution in [0.5, 0.6) is 11.5 Å². The summed E-state index contributed by atoms with van der Waals surface area (Å²) in [6.45, 7) is -3.28. The number of carbonyl (C=O) groups is 2. The van der Waals surface area contributed by atoms with Crippen LogP contribution in [0, 0.1) is 58.2 Å². The highest BCUT2D eigenvalue weighted by Gasteiger charge is 2.29. The van der Waals surface area contributed by atoms with Gasteiger partial charge in [0.1, 0.15) is 13.2 Å². The lowest BCUT2D eigenvalue weighted by Crippen LogP contribution is -2.22. The van der Waals surface area contributed by atoms with Gasteiger partial charge in [-0.2, -0.15) is 17.6 Å². The van der Waals surface area contributed by atoms with E-state index in [1.54, 1.807) is 0 Å². The monoisotopic (exact) mass is 510 g/mol. The van der Waals surface area contributed by atoms with Gasteiger partial charge < -0.3 is 18.9 Å². The molecule has 0 radical (unpaired) electrons. The van der Waals surface area contributed by atoms with Crippen molar-refractivity contribution in [2.75, 3.05) is 26.4 Å². The lowest BCUT2D eigenvalue weighted by Gasteiger charge is -2.10. The van der Waals surface area contributed by atoms with Crippen molar-refractivity contribution in [3.63, 3.8) is 0 Å². The van der Waals surface area contributed by atoms with Crippen LogP contribution in [-0.4, -0.2) is 38.4 Å². The number of carbonyl (C=O) groups excluding carboxylic acids is 2. The Kier molecular flexibility index (Phi) is 8.80. The molecule has 186 valence electrons. The van der Waals surface area contributed by atoms with E-state index in [0.29, 0.717) is 0 Å². The van der Waals surface area contributed by atoms with Crippen molar-refractivity contribution in [2.45, 2.75) is 0 Å². The first-order valence-electron chi connectivity index (χ1n) is 8.48. The molecule has 2 aromatic rings. The van der Waals surface area contributed by atoms with Crippen LogP contribution in [0.25, 0.3) is 0 Å². The number of benzene rings is 2. The fraction of sp³-hybridized carbons (Fsp3) is 0.222. The summed E-state index contributed by atoms with van der Waals surface area (Å²) in [5.41, 5.74) is 0. The van der Waals surface area contributed by atoms with Crippen LogP contribution in [0.4, 0.5) is 43.9 Å². The number of hydrogen-bond donors (Lipinski definition) is 0. The Morgan fingerprint density at radius 2 is 0.676 bits per heavy atom. The summed E-state index contributed by atoms with van der Waals surface area (Å²) in [6, 6.07) is 0. The number of rotatable bonds is 9. The third-order valence-corrected chi connectivity index (χ3v) is 3.58. The number of esters is 2. The number of hydrogen-bond acceptors (Lipinski definition) is 6. The molecule has 34 heavy (non-hydrogen) atoms. The molecule has 0 fully saturated rings. The van der Waals surface area contributed by atoms with Gasteiger partial charge in [-0.25, -0.2) is 35.9 Å². The van der Waals surface area contributed by atoms with Crippen molar-refractivity contribution in [1.29, 1.82) is 0 Å². The van der Waals surface area contributed by atoms with Gasteiger partial charge in [0.25, 0.3) is 0 Å². The molecule has 0 unspecified atom stereocenters. The third kappa shape index (κ3) is 5.74. The SMILES string of the molecule is O=C(COCCOCC(=O)Oc1c(F)c(F)c(F)c(F)c1F)Oc1c(F)c(F)c(F)c(F)c1F. The van der Waals surface area contributed by atoms with E-state index in [1.807, 2.05) is 0 Å². The second kappa shape index (κ2) is 11.1. The zero-order valence-electron chi connectivity index (χ0n) is 16.1. The van der Waals surface area contributed by atoms with Gasteiger partial charge in [-0.15, -0.1) is 0 Å². The van der Waals surface area contributed by atoms with E-state index >= 15 is 0 Å². The summed E-state index contributed by atoms with van der Waals surface area (Å²) < 4.78 is 149. The molecule has 0 N–H and O–H groups in total. The van der Waals surface area contributed by atoms with Gasteiger partial charge in [-0.05, 0) is 0 Å². The molecule has 0 saturated heterocycles. The molecule has 0 spiro atoms. The number of ether oxygens (including phenoxy) is 4. The Bertz CT molecular complexity index is 978. The molecule has 6 nitrogen and oxygen atoms in total. The molecule has 16 heteroatoms. The van der Waals surface area contributed by atoms with Crippen molar-refractivity contribution in [3.05, 3.63) is 58.2 Å². The highest BCUT2D eigenvalue weighted by atomic mass is 19.2. The van der Waals surface area contributed by atoms with E-state index in [2.05, 4.69) is 18.9 Å². The maximum Gasteiger partial charge on any atom is 0.337 e. The third-order valence-electron chi connectivity index (χ3n) is 3.58. The smallest absolute Gasteiger partial charge is 0.337 e. The highest BCUT2D eigenvalue weighted by Crippen LogP contribution is 2.30. The minimum absolute atomic E-state index is 0.554. The van der Waals surface area contributed by atoms with Gasteiger partial charge in [0.15, 0.2) is 0 Å². The molecule has 0 saturated carbocycles. The summed E-state index contributed by atoms with van der Waals surface area (Å²) in [6.07, 6.45) is 0. The van der Waals surface area contributed by atoms with Crippen LogP contribution in [-0.2, 0) is 19.1 Å². The Balaban J connectivity index is 1.78. The second-order valence-electron chi connectivity index (χ2n) is 5.85. The van der Waals surface area contributed by atoms with Gasteiger partial charge in [-0.3, -0.25) is 0 Å². The van der Waals surface area contributed by atoms with Crippen molar-refractivity contribution >= 4 is 11.9 Å². The van der Waals surface area contributed by atoms with Crippen LogP contribution < -0.4 is 9.47 Å². The van der Waals surface area contributed by atoms with Crippen molar-refractivity contribution in [2.24, 2.45) is 0 Å². The highest BCUT2D eigenvalue weighted by molar-refractivity contribution is 5.74. The Morgan fingerprint density at radius 1 is 0.441 bits per heavy atom. The topological polar surface area (TPSA) is 71.1 Å². The van der Waals surface area contributed by atoms with Gasteiger partial charge in [0.05, 0.1) is 13.2 Å². The fourth-order valence-corrected chi connectivity index (χ4v) is 2.06. The molecular formula is C18H8F10O6. The van der Waals surface area contributed by atoms with E-state index in [0.717, 1.165) is 0 Å². The van der Waals surface area contributed by atoms with Gasteiger partial charge in [-0.1, -0.05) is 0 Å². The maximum absolute atomic E-state index is 13.4. The first kappa shape index (κ1) is 26.8. The molecule has 0 aromatic heterocycles. The normalized spacial score (nSPS) is 11.0. The average Bonchev–Trinajstić information content (AvgIpc) is 2.81. The molecule has 0 aliphatic carbocycles. The van der Waals surface area contributed by atoms with Crippen molar-refractivity contribution in [1.82, 2.24) is 0 Å². The average molecular weight is 510 g/mol. The van der Waals surface area contributed by atoms with Crippen LogP contribution in [0.2, 0.25) is 0 Å². The molecule has 0 aliphatic rings. The lowest BCUT2D eigenvalue weighted by atomic mass is 10.2. The minimum atomic E-state index is -2.47. The van der Waals surface area contributed by atoms with Crippen LogP contribution in [0.1, 0.15) is 0 Å². The lowest BCUT2D eigenvalue weighted by molar-refractivity contribution is -0.143. The van der Waals surface area contributed by atoms with E-state index < -0.39 is 108 Å². The molecule has 0 atom stereocenters. The van der Waals surface area contributed by atoms with E-state index in [1.165, 1.54) is 0 Å². The summed E-state index contributed by atoms with van der Waals surface area (Å²) in [7, 11) is 0. The Labute approximate surface area is 181 Å². The Morgan fingerprint density at radius 3 is 0.941 bits per heavy atom. The first-order chi connectivity index (χ1) is 15.9. The predicted octanol–water partition coefficient (Wildman–Crippen LogP) is 3.62. The van der Waals surface area contributed by atoms with E-state index in [-0.39, 0.29) is 0 Å². The van der Waals surface area contributed by atoms with E-state index in [9.17, 15) is 53.5 Å². The van der Waals surface area contributed by atoms with Crippen molar-refractivity contribution in [3.8, 4) is 11.5 Å². The summed E-state index contributed by atoms with van der Waals surface area (Å²) in [4.78, 5) is 22.8. The second-order valence-corrected chi connectivity index (χ2v) is 5.85. The minimum Gasteiger partial charge on any atom is -0.418 e. The summed E-state index contributed by atoms with van der Waals surface area (Å²) >= 11 is 0. The number of halogens is 10. The zero-order valence-corrected chi connectivity index (χ0v) is 16.1. The molecule has 0 bridgehead atoms. The maximum atomic E-state index is 13.4. The van der Waals surface area contributed by atoms with Gasteiger partial charge in [0.2, 0.25) is 69.7 Å². The van der Waals surface area contributed by atoms with E-state index in [4.69, 9.17) is 0 Å². The molecule has 2 aromatic carbocycles. The quantitative estimate of drug-likeness (QED) is 0.128. The summed E-state index contributed by atoms with van der Waals surface area (Å²) in [5.74, 6) is -30.9. The molecule has 0 heterocycles. The fourth-order valence-electron chi connectivity index (χ4n) is 2.06. The summed E-state index contributed by atoms with van der Waals surface area (Å²) in [5, 5.41) is 0. The molecule has 2 rings (SSSR count). The first-order valence-corrected chi connectivity index (χ1v) is 8.48. The van der Waals surface area contributed by atoms with Crippen LogP contribution >= 0.6 is 0 Å². The van der Waals surface area contributed by atoms with Gasteiger partial charge >= 0.3 is 11.9 Å². The van der Waals surface area contributed by atoms with Gasteiger partial charge in [0, 0.05) is 0 Å². The molecular weight excluding hydrogens is 502 g/mol. The Hall–Kier alpha value is -3.40. The van der Waals surface area contributed by atoms with Crippen LogP contribution in [0.3, 0.4) is 0 Å². The standard InChI is InChI=1S/C18H8F10O6/c19-7-9(21)13(25)17(14(26)10(7)22)33-5(29)3-31-1-2-32-4-6(30)34-18-15(27)11(23)8(20)12(24)16(18)28/h1-4H2.